The van der Waals surface area contributed by atoms with Gasteiger partial charge in [0.1, 0.15) is 17.5 Å². The third-order valence-corrected chi connectivity index (χ3v) is 4.84. The number of furan rings is 1. The van der Waals surface area contributed by atoms with Crippen molar-refractivity contribution in [2.24, 2.45) is 5.92 Å². The van der Waals surface area contributed by atoms with Gasteiger partial charge in [0.25, 0.3) is 5.91 Å². The van der Waals surface area contributed by atoms with Gasteiger partial charge < -0.3 is 25.7 Å². The van der Waals surface area contributed by atoms with Gasteiger partial charge in [0.05, 0.1) is 6.26 Å². The summed E-state index contributed by atoms with van der Waals surface area (Å²) in [6, 6.07) is 12.4. The minimum Gasteiger partial charge on any atom is -0.465 e. The van der Waals surface area contributed by atoms with Gasteiger partial charge in [0.2, 0.25) is 11.8 Å². The molecule has 0 saturated heterocycles. The van der Waals surface area contributed by atoms with Crippen LogP contribution in [0, 0.1) is 5.92 Å². The van der Waals surface area contributed by atoms with Gasteiger partial charge in [-0.2, -0.15) is 0 Å². The molecule has 1 aromatic carbocycles. The van der Waals surface area contributed by atoms with E-state index in [0.717, 1.165) is 5.56 Å². The van der Waals surface area contributed by atoms with Crippen molar-refractivity contribution in [1.29, 1.82) is 0 Å². The molecule has 31 heavy (non-hydrogen) atoms. The number of hydrogen-bond acceptors (Lipinski definition) is 5. The summed E-state index contributed by atoms with van der Waals surface area (Å²) in [5.41, 5.74) is 1.14. The number of hydrogen-bond donors (Lipinski definition) is 4. The molecule has 164 valence electrons. The van der Waals surface area contributed by atoms with Crippen molar-refractivity contribution in [2.75, 3.05) is 0 Å². The molecule has 2 atom stereocenters. The molecule has 0 spiro atoms. The van der Waals surface area contributed by atoms with E-state index in [9.17, 15) is 14.4 Å². The van der Waals surface area contributed by atoms with Gasteiger partial charge in [-0.3, -0.25) is 14.4 Å². The minimum absolute atomic E-state index is 0.0834. The predicted octanol–water partition coefficient (Wildman–Crippen LogP) is 2.12. The Hall–Kier alpha value is -3.55. The molecule has 0 fully saturated rings. The quantitative estimate of drug-likeness (QED) is 0.493. The lowest BCUT2D eigenvalue weighted by molar-refractivity contribution is -0.129. The maximum atomic E-state index is 12.8. The van der Waals surface area contributed by atoms with E-state index in [1.54, 1.807) is 12.1 Å². The molecule has 3 rings (SSSR count). The number of rotatable bonds is 9. The van der Waals surface area contributed by atoms with E-state index in [0.29, 0.717) is 18.6 Å². The van der Waals surface area contributed by atoms with E-state index in [2.05, 4.69) is 21.3 Å². The van der Waals surface area contributed by atoms with Crippen LogP contribution in [0.4, 0.5) is 0 Å². The van der Waals surface area contributed by atoms with Crippen LogP contribution in [0.3, 0.4) is 0 Å². The minimum atomic E-state index is -0.736. The SMILES string of the molecule is CC(C)C[C@H](NC(=O)CCc1ccccc1)C(=O)NC1=CNC(c2ccco2)NC1=O. The van der Waals surface area contributed by atoms with Crippen molar-refractivity contribution in [3.8, 4) is 0 Å². The lowest BCUT2D eigenvalue weighted by Crippen LogP contribution is -2.51. The lowest BCUT2D eigenvalue weighted by Gasteiger charge is -2.25. The largest absolute Gasteiger partial charge is 0.465 e. The van der Waals surface area contributed by atoms with Gasteiger partial charge >= 0.3 is 0 Å². The Labute approximate surface area is 181 Å². The summed E-state index contributed by atoms with van der Waals surface area (Å²) in [4.78, 5) is 37.7. The normalized spacial score (nSPS) is 16.7. The molecule has 1 unspecified atom stereocenters. The van der Waals surface area contributed by atoms with Crippen molar-refractivity contribution in [1.82, 2.24) is 21.3 Å². The summed E-state index contributed by atoms with van der Waals surface area (Å²) in [6.07, 6.45) is 3.78. The molecule has 0 radical (unpaired) electrons. The highest BCUT2D eigenvalue weighted by molar-refractivity contribution is 5.99. The number of amides is 3. The van der Waals surface area contributed by atoms with E-state index < -0.39 is 24.0 Å². The first-order valence-electron chi connectivity index (χ1n) is 10.4. The smallest absolute Gasteiger partial charge is 0.271 e. The molecule has 1 aromatic heterocycles. The van der Waals surface area contributed by atoms with Gasteiger partial charge in [-0.15, -0.1) is 0 Å². The van der Waals surface area contributed by atoms with Crippen LogP contribution in [-0.2, 0) is 20.8 Å². The first-order chi connectivity index (χ1) is 14.9. The molecule has 8 nitrogen and oxygen atoms in total. The molecule has 0 saturated carbocycles. The predicted molar refractivity (Wildman–Crippen MR) is 115 cm³/mol. The Kier molecular flexibility index (Phi) is 7.48. The van der Waals surface area contributed by atoms with E-state index in [-0.39, 0.29) is 23.9 Å². The average Bonchev–Trinajstić information content (AvgIpc) is 3.28. The highest BCUT2D eigenvalue weighted by Crippen LogP contribution is 2.14. The van der Waals surface area contributed by atoms with Crippen LogP contribution in [-0.4, -0.2) is 23.8 Å². The van der Waals surface area contributed by atoms with Crippen molar-refractivity contribution in [3.63, 3.8) is 0 Å². The van der Waals surface area contributed by atoms with E-state index in [1.807, 2.05) is 44.2 Å². The van der Waals surface area contributed by atoms with Gasteiger partial charge in [-0.25, -0.2) is 0 Å². The van der Waals surface area contributed by atoms with Crippen LogP contribution in [0.1, 0.15) is 44.2 Å². The standard InChI is InChI=1S/C23H28N4O4/c1-15(2)13-17(25-20(28)11-10-16-7-4-3-5-8-16)22(29)26-18-14-24-21(27-23(18)30)19-9-6-12-31-19/h3-9,12,14-15,17,21,24H,10-11,13H2,1-2H3,(H,25,28)(H,26,29)(H,27,30)/t17-,21?/m0/s1. The van der Waals surface area contributed by atoms with Crippen LogP contribution in [0.5, 0.6) is 0 Å². The summed E-state index contributed by atoms with van der Waals surface area (Å²) < 4.78 is 5.28. The summed E-state index contributed by atoms with van der Waals surface area (Å²) in [5.74, 6) is -0.338. The second-order valence-corrected chi connectivity index (χ2v) is 7.87. The van der Waals surface area contributed by atoms with Gasteiger partial charge in [-0.05, 0) is 36.5 Å². The van der Waals surface area contributed by atoms with Crippen molar-refractivity contribution in [2.45, 2.75) is 45.3 Å². The third-order valence-electron chi connectivity index (χ3n) is 4.84. The zero-order valence-corrected chi connectivity index (χ0v) is 17.7. The number of nitrogens with one attached hydrogen (secondary N) is 4. The van der Waals surface area contributed by atoms with Gasteiger partial charge in [-0.1, -0.05) is 44.2 Å². The molecule has 2 aromatic rings. The summed E-state index contributed by atoms with van der Waals surface area (Å²) in [6.45, 7) is 3.94. The Morgan fingerprint density at radius 2 is 1.90 bits per heavy atom. The monoisotopic (exact) mass is 424 g/mol. The average molecular weight is 425 g/mol. The van der Waals surface area contributed by atoms with Gasteiger partial charge in [0, 0.05) is 12.6 Å². The first kappa shape index (κ1) is 22.1. The molecule has 1 aliphatic heterocycles. The molecule has 0 bridgehead atoms. The number of aryl methyl sites for hydroxylation is 1. The molecule has 0 aliphatic carbocycles. The fourth-order valence-electron chi connectivity index (χ4n) is 3.28. The zero-order valence-electron chi connectivity index (χ0n) is 17.7. The van der Waals surface area contributed by atoms with Crippen LogP contribution in [0.2, 0.25) is 0 Å². The topological polar surface area (TPSA) is 112 Å². The van der Waals surface area contributed by atoms with Crippen molar-refractivity contribution < 1.29 is 18.8 Å². The Bertz CT molecular complexity index is 922. The molecular weight excluding hydrogens is 396 g/mol. The Morgan fingerprint density at radius 3 is 2.55 bits per heavy atom. The number of benzene rings is 1. The van der Waals surface area contributed by atoms with Crippen LogP contribution in [0.25, 0.3) is 0 Å². The summed E-state index contributed by atoms with van der Waals surface area (Å²) >= 11 is 0. The molecule has 1 aliphatic rings. The van der Waals surface area contributed by atoms with E-state index in [4.69, 9.17) is 4.42 Å². The summed E-state index contributed by atoms with van der Waals surface area (Å²) in [5, 5.41) is 11.1. The second kappa shape index (κ2) is 10.5. The van der Waals surface area contributed by atoms with Crippen LogP contribution >= 0.6 is 0 Å². The highest BCUT2D eigenvalue weighted by Gasteiger charge is 2.28. The molecule has 8 heteroatoms. The fourth-order valence-corrected chi connectivity index (χ4v) is 3.28. The van der Waals surface area contributed by atoms with E-state index in [1.165, 1.54) is 12.5 Å². The van der Waals surface area contributed by atoms with Gasteiger partial charge in [0.15, 0.2) is 6.17 Å². The van der Waals surface area contributed by atoms with Crippen molar-refractivity contribution >= 4 is 17.7 Å². The third kappa shape index (κ3) is 6.47. The number of carbonyl (C=O) groups is 3. The Morgan fingerprint density at radius 1 is 1.13 bits per heavy atom. The Balaban J connectivity index is 1.57. The highest BCUT2D eigenvalue weighted by atomic mass is 16.3. The molecule has 4 N–H and O–H groups in total. The molecular formula is C23H28N4O4. The maximum absolute atomic E-state index is 12.8. The molecule has 3 amide bonds. The summed E-state index contributed by atoms with van der Waals surface area (Å²) in [7, 11) is 0. The van der Waals surface area contributed by atoms with Crippen LogP contribution < -0.4 is 21.3 Å². The fraction of sp³-hybridized carbons (Fsp3) is 0.348. The van der Waals surface area contributed by atoms with Crippen LogP contribution in [0.15, 0.2) is 65.0 Å². The maximum Gasteiger partial charge on any atom is 0.271 e. The lowest BCUT2D eigenvalue weighted by atomic mass is 10.0. The molecule has 2 heterocycles. The zero-order chi connectivity index (χ0) is 22.2. The number of carbonyl (C=O) groups excluding carboxylic acids is 3. The first-order valence-corrected chi connectivity index (χ1v) is 10.4. The second-order valence-electron chi connectivity index (χ2n) is 7.87. The van der Waals surface area contributed by atoms with E-state index >= 15 is 0 Å². The van der Waals surface area contributed by atoms with Crippen molar-refractivity contribution in [3.05, 3.63) is 71.9 Å².